The topological polar surface area (TPSA) is 63.4 Å². The van der Waals surface area contributed by atoms with Crippen LogP contribution in [0, 0.1) is 0 Å². The van der Waals surface area contributed by atoms with Crippen LogP contribution in [0.25, 0.3) is 5.82 Å². The third-order valence-electron chi connectivity index (χ3n) is 4.52. The van der Waals surface area contributed by atoms with Crippen molar-refractivity contribution in [3.8, 4) is 17.4 Å². The molecule has 25 heavy (non-hydrogen) atoms. The fourth-order valence-corrected chi connectivity index (χ4v) is 3.19. The number of aromatic hydroxyl groups is 1. The summed E-state index contributed by atoms with van der Waals surface area (Å²) in [5.74, 6) is 1.71. The number of fused-ring (bicyclic) bond motifs is 1. The number of pyridine rings is 1. The Hall–Kier alpha value is -2.86. The number of nitrogens with zero attached hydrogens (tertiary/aromatic N) is 4. The van der Waals surface area contributed by atoms with E-state index in [1.54, 1.807) is 13.3 Å². The molecule has 1 aliphatic heterocycles. The molecule has 3 aromatic rings. The van der Waals surface area contributed by atoms with Crippen LogP contribution in [-0.2, 0) is 19.5 Å². The molecular weight excluding hydrogens is 316 g/mol. The molecule has 0 radical (unpaired) electrons. The molecule has 0 saturated heterocycles. The molecule has 0 spiro atoms. The predicted molar refractivity (Wildman–Crippen MR) is 93.8 cm³/mol. The molecule has 3 heterocycles. The molecule has 4 rings (SSSR count). The Morgan fingerprint density at radius 2 is 2.00 bits per heavy atom. The van der Waals surface area contributed by atoms with Crippen LogP contribution in [0.4, 0.5) is 0 Å². The summed E-state index contributed by atoms with van der Waals surface area (Å²) in [4.78, 5) is 6.60. The van der Waals surface area contributed by atoms with E-state index in [4.69, 9.17) is 4.74 Å². The Morgan fingerprint density at radius 1 is 1.16 bits per heavy atom. The van der Waals surface area contributed by atoms with Gasteiger partial charge in [0.2, 0.25) is 5.88 Å². The molecule has 0 unspecified atom stereocenters. The first-order valence-electron chi connectivity index (χ1n) is 8.31. The van der Waals surface area contributed by atoms with Crippen LogP contribution in [0.15, 0.2) is 48.7 Å². The lowest BCUT2D eigenvalue weighted by Gasteiger charge is -2.25. The van der Waals surface area contributed by atoms with E-state index in [9.17, 15) is 5.11 Å². The highest BCUT2D eigenvalue weighted by Gasteiger charge is 2.25. The van der Waals surface area contributed by atoms with Crippen molar-refractivity contribution in [1.29, 1.82) is 0 Å². The van der Waals surface area contributed by atoms with Gasteiger partial charge in [-0.2, -0.15) is 9.78 Å². The molecule has 2 aromatic heterocycles. The Labute approximate surface area is 146 Å². The lowest BCUT2D eigenvalue weighted by molar-refractivity contribution is 0.241. The number of ether oxygens (including phenoxy) is 1. The first-order valence-corrected chi connectivity index (χ1v) is 8.31. The van der Waals surface area contributed by atoms with Crippen molar-refractivity contribution in [2.45, 2.75) is 19.5 Å². The second-order valence-electron chi connectivity index (χ2n) is 6.16. The van der Waals surface area contributed by atoms with E-state index < -0.39 is 0 Å². The summed E-state index contributed by atoms with van der Waals surface area (Å²) in [6, 6.07) is 13.7. The van der Waals surface area contributed by atoms with Crippen molar-refractivity contribution in [3.05, 3.63) is 65.5 Å². The maximum atomic E-state index is 10.5. The Morgan fingerprint density at radius 3 is 2.72 bits per heavy atom. The monoisotopic (exact) mass is 336 g/mol. The highest BCUT2D eigenvalue weighted by atomic mass is 16.5. The molecular formula is C19H20N4O2. The fourth-order valence-electron chi connectivity index (χ4n) is 3.19. The van der Waals surface area contributed by atoms with E-state index in [1.165, 1.54) is 10.2 Å². The molecule has 6 nitrogen and oxygen atoms in total. The number of aromatic nitrogens is 3. The van der Waals surface area contributed by atoms with E-state index >= 15 is 0 Å². The second-order valence-corrected chi connectivity index (χ2v) is 6.16. The molecule has 0 fully saturated rings. The number of benzene rings is 1. The van der Waals surface area contributed by atoms with Crippen LogP contribution < -0.4 is 4.74 Å². The van der Waals surface area contributed by atoms with Crippen LogP contribution in [0.2, 0.25) is 0 Å². The lowest BCUT2D eigenvalue weighted by atomic mass is 10.1. The van der Waals surface area contributed by atoms with Gasteiger partial charge in [-0.05, 0) is 36.2 Å². The Kier molecular flexibility index (Phi) is 4.11. The Bertz CT molecular complexity index is 859. The average molecular weight is 336 g/mol. The van der Waals surface area contributed by atoms with Crippen LogP contribution in [0.3, 0.4) is 0 Å². The van der Waals surface area contributed by atoms with Crippen molar-refractivity contribution in [1.82, 2.24) is 19.7 Å². The number of methoxy groups -OCH3 is 1. The second kappa shape index (κ2) is 6.57. The third-order valence-corrected chi connectivity index (χ3v) is 4.52. The van der Waals surface area contributed by atoms with Crippen molar-refractivity contribution in [3.63, 3.8) is 0 Å². The van der Waals surface area contributed by atoms with Gasteiger partial charge in [-0.1, -0.05) is 18.2 Å². The minimum atomic E-state index is 0.206. The molecule has 0 atom stereocenters. The smallest absolute Gasteiger partial charge is 0.219 e. The average Bonchev–Trinajstić information content (AvgIpc) is 2.99. The number of rotatable bonds is 4. The molecule has 0 aliphatic carbocycles. The van der Waals surface area contributed by atoms with Crippen LogP contribution in [0.5, 0.6) is 11.6 Å². The van der Waals surface area contributed by atoms with Gasteiger partial charge < -0.3 is 9.84 Å². The highest BCUT2D eigenvalue weighted by Crippen LogP contribution is 2.29. The molecule has 1 N–H and O–H groups in total. The van der Waals surface area contributed by atoms with E-state index in [-0.39, 0.29) is 5.88 Å². The summed E-state index contributed by atoms with van der Waals surface area (Å²) >= 11 is 0. The van der Waals surface area contributed by atoms with Gasteiger partial charge in [0.25, 0.3) is 0 Å². The zero-order chi connectivity index (χ0) is 17.2. The third kappa shape index (κ3) is 3.08. The van der Waals surface area contributed by atoms with Crippen molar-refractivity contribution >= 4 is 0 Å². The summed E-state index contributed by atoms with van der Waals surface area (Å²) in [6.45, 7) is 2.45. The zero-order valence-corrected chi connectivity index (χ0v) is 14.1. The van der Waals surface area contributed by atoms with Gasteiger partial charge in [0.15, 0.2) is 5.82 Å². The zero-order valence-electron chi connectivity index (χ0n) is 14.1. The summed E-state index contributed by atoms with van der Waals surface area (Å²) < 4.78 is 6.73. The largest absolute Gasteiger partial charge is 0.497 e. The first kappa shape index (κ1) is 15.7. The Balaban J connectivity index is 1.53. The van der Waals surface area contributed by atoms with Gasteiger partial charge in [-0.15, -0.1) is 0 Å². The quantitative estimate of drug-likeness (QED) is 0.793. The number of hydrogen-bond donors (Lipinski definition) is 1. The summed E-state index contributed by atoms with van der Waals surface area (Å²) in [7, 11) is 1.67. The maximum Gasteiger partial charge on any atom is 0.219 e. The van der Waals surface area contributed by atoms with E-state index in [0.29, 0.717) is 5.82 Å². The van der Waals surface area contributed by atoms with Crippen molar-refractivity contribution in [2.75, 3.05) is 13.7 Å². The number of hydrogen-bond acceptors (Lipinski definition) is 5. The van der Waals surface area contributed by atoms with E-state index in [1.807, 2.05) is 30.3 Å². The van der Waals surface area contributed by atoms with Gasteiger partial charge in [-0.3, -0.25) is 4.90 Å². The molecule has 0 saturated carbocycles. The summed E-state index contributed by atoms with van der Waals surface area (Å²) in [5, 5.41) is 15.1. The highest BCUT2D eigenvalue weighted by molar-refractivity contribution is 5.38. The minimum Gasteiger partial charge on any atom is -0.497 e. The predicted octanol–water partition coefficient (Wildman–Crippen LogP) is 2.54. The molecule has 128 valence electrons. The van der Waals surface area contributed by atoms with Gasteiger partial charge in [-0.25, -0.2) is 4.98 Å². The summed E-state index contributed by atoms with van der Waals surface area (Å²) in [5.41, 5.74) is 3.08. The fraction of sp³-hybridized carbons (Fsp3) is 0.263. The minimum absolute atomic E-state index is 0.206. The molecule has 0 bridgehead atoms. The molecule has 1 aliphatic rings. The van der Waals surface area contributed by atoms with Crippen LogP contribution in [0.1, 0.15) is 16.8 Å². The SMILES string of the molecule is COc1ccc(CN2CCc3c(nn(-c4ccccn4)c3O)C2)cc1. The van der Waals surface area contributed by atoms with Gasteiger partial charge in [0, 0.05) is 31.4 Å². The molecule has 1 aromatic carbocycles. The summed E-state index contributed by atoms with van der Waals surface area (Å²) in [6.07, 6.45) is 2.48. The van der Waals surface area contributed by atoms with Crippen LogP contribution in [-0.4, -0.2) is 38.4 Å². The van der Waals surface area contributed by atoms with Gasteiger partial charge >= 0.3 is 0 Å². The van der Waals surface area contributed by atoms with Gasteiger partial charge in [0.1, 0.15) is 5.75 Å². The van der Waals surface area contributed by atoms with Crippen LogP contribution >= 0.6 is 0 Å². The first-order chi connectivity index (χ1) is 12.2. The van der Waals surface area contributed by atoms with Crippen molar-refractivity contribution < 1.29 is 9.84 Å². The normalized spacial score (nSPS) is 14.3. The molecule has 0 amide bonds. The standard InChI is InChI=1S/C19H20N4O2/c1-25-15-7-5-14(6-8-15)12-22-11-9-16-17(13-22)21-23(19(16)24)18-4-2-3-10-20-18/h2-8,10,24H,9,11-13H2,1H3. The van der Waals surface area contributed by atoms with E-state index in [0.717, 1.165) is 43.1 Å². The lowest BCUT2D eigenvalue weighted by Crippen LogP contribution is -2.29. The maximum absolute atomic E-state index is 10.5. The van der Waals surface area contributed by atoms with E-state index in [2.05, 4.69) is 27.1 Å². The van der Waals surface area contributed by atoms with Crippen molar-refractivity contribution in [2.24, 2.45) is 0 Å². The molecule has 6 heteroatoms. The van der Waals surface area contributed by atoms with Gasteiger partial charge in [0.05, 0.1) is 12.8 Å².